The quantitative estimate of drug-likeness (QED) is 0.413. The van der Waals surface area contributed by atoms with Crippen LogP contribution in [0, 0.1) is 5.92 Å². The summed E-state index contributed by atoms with van der Waals surface area (Å²) in [5.41, 5.74) is 0.881. The van der Waals surface area contributed by atoms with Crippen LogP contribution in [0.1, 0.15) is 60.1 Å². The van der Waals surface area contributed by atoms with Crippen LogP contribution < -0.4 is 15.6 Å². The van der Waals surface area contributed by atoms with Gasteiger partial charge in [0.1, 0.15) is 11.4 Å². The summed E-state index contributed by atoms with van der Waals surface area (Å²) >= 11 is 0. The highest BCUT2D eigenvalue weighted by molar-refractivity contribution is 5.90. The molecule has 1 N–H and O–H groups in total. The molecule has 1 amide bonds. The Bertz CT molecular complexity index is 1170. The van der Waals surface area contributed by atoms with Crippen LogP contribution in [-0.2, 0) is 17.8 Å². The Balaban J connectivity index is 2.17. The van der Waals surface area contributed by atoms with Crippen LogP contribution in [0.3, 0.4) is 0 Å². The molecule has 0 bridgehead atoms. The third-order valence-corrected chi connectivity index (χ3v) is 5.30. The molecule has 2 heterocycles. The Morgan fingerprint density at radius 3 is 2.44 bits per heavy atom. The second kappa shape index (κ2) is 10.8. The maximum atomic E-state index is 13.6. The molecule has 0 radical (unpaired) electrons. The zero-order chi connectivity index (χ0) is 24.9. The van der Waals surface area contributed by atoms with E-state index in [1.165, 1.54) is 0 Å². The van der Waals surface area contributed by atoms with E-state index in [1.807, 2.05) is 68.1 Å². The molecule has 34 heavy (non-hydrogen) atoms. The second-order valence-electron chi connectivity index (χ2n) is 9.96. The molecular weight excluding hydrogens is 430 g/mol. The summed E-state index contributed by atoms with van der Waals surface area (Å²) in [6.07, 6.45) is 5.27. The lowest BCUT2D eigenvalue weighted by Gasteiger charge is -2.23. The number of unbranched alkanes of at least 4 members (excludes halogenated alkanes) is 1. The molecule has 0 aliphatic heterocycles. The van der Waals surface area contributed by atoms with E-state index in [-0.39, 0.29) is 18.0 Å². The average Bonchev–Trinajstić information content (AvgIpc) is 3.29. The predicted octanol–water partition coefficient (Wildman–Crippen LogP) is 5.65. The maximum Gasteiger partial charge on any atom is 0.407 e. The third kappa shape index (κ3) is 6.22. The lowest BCUT2D eigenvalue weighted by molar-refractivity contribution is 0.0521. The van der Waals surface area contributed by atoms with Crippen molar-refractivity contribution in [1.82, 2.24) is 14.5 Å². The third-order valence-electron chi connectivity index (χ3n) is 5.30. The average molecular weight is 468 g/mol. The fraction of sp³-hybridized carbons (Fsp3) is 0.481. The van der Waals surface area contributed by atoms with Gasteiger partial charge in [0.25, 0.3) is 5.56 Å². The van der Waals surface area contributed by atoms with Gasteiger partial charge in [0.05, 0.1) is 24.2 Å². The van der Waals surface area contributed by atoms with Gasteiger partial charge in [-0.25, -0.2) is 4.79 Å². The van der Waals surface area contributed by atoms with Crippen molar-refractivity contribution in [2.24, 2.45) is 5.92 Å². The van der Waals surface area contributed by atoms with Crippen molar-refractivity contribution in [3.8, 4) is 11.4 Å². The van der Waals surface area contributed by atoms with Gasteiger partial charge in [0.2, 0.25) is 0 Å². The van der Waals surface area contributed by atoms with Gasteiger partial charge >= 0.3 is 6.09 Å². The molecule has 0 atom stereocenters. The van der Waals surface area contributed by atoms with E-state index < -0.39 is 11.7 Å². The van der Waals surface area contributed by atoms with Crippen molar-refractivity contribution >= 4 is 16.9 Å². The van der Waals surface area contributed by atoms with Crippen molar-refractivity contribution in [3.05, 3.63) is 58.8 Å². The highest BCUT2D eigenvalue weighted by Gasteiger charge is 2.22. The van der Waals surface area contributed by atoms with Gasteiger partial charge in [-0.05, 0) is 63.4 Å². The van der Waals surface area contributed by atoms with Gasteiger partial charge in [-0.15, -0.1) is 0 Å². The molecule has 1 aromatic carbocycles. The minimum Gasteiger partial charge on any atom is -0.491 e. The summed E-state index contributed by atoms with van der Waals surface area (Å²) in [4.78, 5) is 26.0. The number of carbonyl (C=O) groups excluding carboxylic acids is 1. The van der Waals surface area contributed by atoms with Gasteiger partial charge in [0, 0.05) is 30.0 Å². The predicted molar refractivity (Wildman–Crippen MR) is 136 cm³/mol. The highest BCUT2D eigenvalue weighted by atomic mass is 16.6. The second-order valence-corrected chi connectivity index (χ2v) is 9.96. The molecule has 0 saturated heterocycles. The molecule has 0 unspecified atom stereocenters. The number of nitrogens with zero attached hydrogens (tertiary/aromatic N) is 2. The smallest absolute Gasteiger partial charge is 0.407 e. The van der Waals surface area contributed by atoms with Crippen LogP contribution in [0.4, 0.5) is 4.79 Å². The molecule has 7 heteroatoms. The van der Waals surface area contributed by atoms with E-state index in [4.69, 9.17) is 9.47 Å². The zero-order valence-electron chi connectivity index (χ0n) is 21.2. The Kier molecular flexibility index (Phi) is 8.07. The van der Waals surface area contributed by atoms with Crippen LogP contribution in [0.5, 0.6) is 5.75 Å². The monoisotopic (exact) mass is 467 g/mol. The van der Waals surface area contributed by atoms with Crippen molar-refractivity contribution in [3.63, 3.8) is 0 Å². The van der Waals surface area contributed by atoms with Gasteiger partial charge in [-0.2, -0.15) is 0 Å². The topological polar surface area (TPSA) is 74.5 Å². The Morgan fingerprint density at radius 2 is 1.82 bits per heavy atom. The minimum absolute atomic E-state index is 0.0911. The van der Waals surface area contributed by atoms with E-state index >= 15 is 0 Å². The van der Waals surface area contributed by atoms with Crippen molar-refractivity contribution in [1.29, 1.82) is 0 Å². The normalized spacial score (nSPS) is 11.7. The summed E-state index contributed by atoms with van der Waals surface area (Å²) < 4.78 is 15.5. The first-order valence-corrected chi connectivity index (χ1v) is 12.0. The van der Waals surface area contributed by atoms with Crippen LogP contribution >= 0.6 is 0 Å². The summed E-state index contributed by atoms with van der Waals surface area (Å²) in [6, 6.07) is 9.70. The number of aromatic nitrogens is 2. The Labute approximate surface area is 201 Å². The fourth-order valence-electron chi connectivity index (χ4n) is 3.80. The van der Waals surface area contributed by atoms with Gasteiger partial charge in [-0.3, -0.25) is 4.79 Å². The van der Waals surface area contributed by atoms with Crippen LogP contribution in [0.25, 0.3) is 16.5 Å². The number of carbonyl (C=O) groups is 1. The van der Waals surface area contributed by atoms with Gasteiger partial charge in [0.15, 0.2) is 0 Å². The number of alkyl carbamates (subject to hydrolysis) is 1. The molecular formula is C27H37N3O4. The highest BCUT2D eigenvalue weighted by Crippen LogP contribution is 2.31. The molecule has 0 aliphatic carbocycles. The van der Waals surface area contributed by atoms with E-state index in [0.717, 1.165) is 23.9 Å². The summed E-state index contributed by atoms with van der Waals surface area (Å²) in [7, 11) is 0. The fourth-order valence-corrected chi connectivity index (χ4v) is 3.80. The van der Waals surface area contributed by atoms with E-state index in [9.17, 15) is 9.59 Å². The van der Waals surface area contributed by atoms with E-state index in [1.54, 1.807) is 4.57 Å². The number of rotatable bonds is 9. The summed E-state index contributed by atoms with van der Waals surface area (Å²) in [5, 5.41) is 4.17. The van der Waals surface area contributed by atoms with Crippen molar-refractivity contribution in [2.45, 2.75) is 73.1 Å². The van der Waals surface area contributed by atoms with Crippen molar-refractivity contribution < 1.29 is 14.3 Å². The largest absolute Gasteiger partial charge is 0.491 e. The number of fused-ring (bicyclic) bond motifs is 1. The number of ether oxygens (including phenoxy) is 2. The zero-order valence-corrected chi connectivity index (χ0v) is 21.2. The molecule has 0 fully saturated rings. The number of amides is 1. The number of hydrogen-bond acceptors (Lipinski definition) is 4. The lowest BCUT2D eigenvalue weighted by Crippen LogP contribution is -2.35. The standard InChI is InChI=1S/C27H37N3O4/c1-7-8-15-33-24-22-16-20(29-13-9-10-14-29)11-12-21(22)25(31)30(18-19(2)3)23(24)17-28-26(32)34-27(4,5)6/h9-14,16,19H,7-8,15,17-18H2,1-6H3,(H,28,32). The Hall–Kier alpha value is -3.22. The molecule has 3 aromatic rings. The van der Waals surface area contributed by atoms with E-state index in [0.29, 0.717) is 30.0 Å². The molecule has 0 saturated carbocycles. The van der Waals surface area contributed by atoms with Crippen LogP contribution in [0.15, 0.2) is 47.5 Å². The maximum absolute atomic E-state index is 13.6. The molecule has 2 aromatic heterocycles. The first kappa shape index (κ1) is 25.4. The molecule has 7 nitrogen and oxygen atoms in total. The molecule has 3 rings (SSSR count). The van der Waals surface area contributed by atoms with Crippen LogP contribution in [0.2, 0.25) is 0 Å². The molecule has 0 aliphatic rings. The molecule has 184 valence electrons. The first-order chi connectivity index (χ1) is 16.1. The SMILES string of the molecule is CCCCOc1c(CNC(=O)OC(C)(C)C)n(CC(C)C)c(=O)c2ccc(-n3cccc3)cc12. The number of pyridine rings is 1. The number of benzene rings is 1. The minimum atomic E-state index is -0.614. The molecule has 0 spiro atoms. The van der Waals surface area contributed by atoms with Gasteiger partial charge < -0.3 is 23.9 Å². The number of hydrogen-bond donors (Lipinski definition) is 1. The summed E-state index contributed by atoms with van der Waals surface area (Å²) in [5.74, 6) is 0.867. The lowest BCUT2D eigenvalue weighted by atomic mass is 10.1. The van der Waals surface area contributed by atoms with Crippen molar-refractivity contribution in [2.75, 3.05) is 6.61 Å². The van der Waals surface area contributed by atoms with Gasteiger partial charge in [-0.1, -0.05) is 27.2 Å². The van der Waals surface area contributed by atoms with E-state index in [2.05, 4.69) is 26.1 Å². The first-order valence-electron chi connectivity index (χ1n) is 12.0. The van der Waals surface area contributed by atoms with Crippen LogP contribution in [-0.4, -0.2) is 27.4 Å². The Morgan fingerprint density at radius 1 is 1.12 bits per heavy atom. The summed E-state index contributed by atoms with van der Waals surface area (Å²) in [6.45, 7) is 12.9. The number of nitrogens with one attached hydrogen (secondary N) is 1.